The Hall–Kier alpha value is -0.280. The molecule has 0 amide bonds. The van der Waals surface area contributed by atoms with E-state index in [2.05, 4.69) is 27.7 Å². The van der Waals surface area contributed by atoms with Gasteiger partial charge in [0, 0.05) is 22.9 Å². The van der Waals surface area contributed by atoms with Crippen LogP contribution in [-0.4, -0.2) is 92.0 Å². The van der Waals surface area contributed by atoms with Crippen LogP contribution in [0.3, 0.4) is 0 Å². The van der Waals surface area contributed by atoms with Crippen LogP contribution in [0.1, 0.15) is 53.9 Å². The van der Waals surface area contributed by atoms with Crippen molar-refractivity contribution >= 4 is 0 Å². The fourth-order valence-electron chi connectivity index (χ4n) is 3.70. The molecular formula is C25H48O7. The molecule has 3 saturated heterocycles. The molecule has 1 atom stereocenters. The van der Waals surface area contributed by atoms with Gasteiger partial charge < -0.3 is 33.2 Å². The maximum atomic E-state index is 5.90. The molecule has 0 N–H and O–H groups in total. The first kappa shape index (κ1) is 28.0. The van der Waals surface area contributed by atoms with Gasteiger partial charge in [-0.15, -0.1) is 0 Å². The van der Waals surface area contributed by atoms with Crippen molar-refractivity contribution in [3.05, 3.63) is 0 Å². The van der Waals surface area contributed by atoms with Crippen LogP contribution in [0, 0.1) is 16.2 Å². The molecular weight excluding hydrogens is 412 g/mol. The predicted octanol–water partition coefficient (Wildman–Crippen LogP) is 3.73. The summed E-state index contributed by atoms with van der Waals surface area (Å²) in [6, 6.07) is 0. The van der Waals surface area contributed by atoms with Crippen LogP contribution in [0.4, 0.5) is 0 Å². The summed E-state index contributed by atoms with van der Waals surface area (Å²) in [7, 11) is 0. The fourth-order valence-corrected chi connectivity index (χ4v) is 3.70. The third-order valence-electron chi connectivity index (χ3n) is 7.12. The lowest BCUT2D eigenvalue weighted by molar-refractivity contribution is -0.175. The highest BCUT2D eigenvalue weighted by Crippen LogP contribution is 2.33. The highest BCUT2D eigenvalue weighted by molar-refractivity contribution is 4.85. The molecule has 7 nitrogen and oxygen atoms in total. The van der Waals surface area contributed by atoms with E-state index in [1.807, 2.05) is 6.92 Å². The van der Waals surface area contributed by atoms with Gasteiger partial charge in [-0.2, -0.15) is 0 Å². The first-order valence-electron chi connectivity index (χ1n) is 12.5. The smallest absolute Gasteiger partial charge is 0.0780 e. The molecule has 0 aromatic rings. The molecule has 0 aromatic heterocycles. The van der Waals surface area contributed by atoms with E-state index in [-0.39, 0.29) is 16.9 Å². The summed E-state index contributed by atoms with van der Waals surface area (Å²) in [5.74, 6) is 0. The normalized spacial score (nSPS) is 23.2. The molecule has 190 valence electrons. The van der Waals surface area contributed by atoms with Crippen molar-refractivity contribution in [2.75, 3.05) is 85.9 Å². The average Bonchev–Trinajstić information content (AvgIpc) is 2.72. The molecule has 3 fully saturated rings. The summed E-state index contributed by atoms with van der Waals surface area (Å²) in [6.07, 6.45) is 3.54. The Morgan fingerprint density at radius 3 is 1.47 bits per heavy atom. The summed E-state index contributed by atoms with van der Waals surface area (Å²) in [4.78, 5) is 0. The molecule has 0 aromatic carbocycles. The van der Waals surface area contributed by atoms with Crippen molar-refractivity contribution in [2.45, 2.75) is 60.0 Å². The molecule has 0 saturated carbocycles. The van der Waals surface area contributed by atoms with E-state index in [0.717, 1.165) is 85.3 Å². The van der Waals surface area contributed by atoms with E-state index in [1.54, 1.807) is 0 Å². The van der Waals surface area contributed by atoms with Crippen molar-refractivity contribution < 1.29 is 33.2 Å². The molecule has 0 radical (unpaired) electrons. The summed E-state index contributed by atoms with van der Waals surface area (Å²) in [6.45, 7) is 21.0. The molecule has 0 aliphatic carbocycles. The van der Waals surface area contributed by atoms with Gasteiger partial charge in [-0.1, -0.05) is 20.8 Å². The second-order valence-corrected chi connectivity index (χ2v) is 9.93. The number of rotatable bonds is 16. The molecule has 3 rings (SSSR count). The van der Waals surface area contributed by atoms with Crippen LogP contribution in [0.15, 0.2) is 0 Å². The Morgan fingerprint density at radius 2 is 1.06 bits per heavy atom. The Labute approximate surface area is 195 Å². The minimum atomic E-state index is 0.152. The van der Waals surface area contributed by atoms with E-state index in [0.29, 0.717) is 25.2 Å². The standard InChI is InChI=1S/C15H28O4.C10H20O3/c1-4-14(8-17-9-14)7-16-6-13(3)19-12-15(5-2)10-18-11-15;1-3-10(8-13-9-10)7-12-6-5-11-4-2/h13H,4-12H2,1-3H3;3-9H2,1-2H3. The van der Waals surface area contributed by atoms with E-state index in [1.165, 1.54) is 0 Å². The Balaban J connectivity index is 0.000000244. The van der Waals surface area contributed by atoms with Crippen molar-refractivity contribution in [3.63, 3.8) is 0 Å². The highest BCUT2D eigenvalue weighted by Gasteiger charge is 2.39. The van der Waals surface area contributed by atoms with Gasteiger partial charge in [0.05, 0.1) is 85.4 Å². The third kappa shape index (κ3) is 8.49. The van der Waals surface area contributed by atoms with Crippen molar-refractivity contribution in [1.29, 1.82) is 0 Å². The van der Waals surface area contributed by atoms with Gasteiger partial charge >= 0.3 is 0 Å². The summed E-state index contributed by atoms with van der Waals surface area (Å²) >= 11 is 0. The van der Waals surface area contributed by atoms with E-state index in [9.17, 15) is 0 Å². The van der Waals surface area contributed by atoms with Gasteiger partial charge in [-0.05, 0) is 33.1 Å². The largest absolute Gasteiger partial charge is 0.380 e. The second kappa shape index (κ2) is 14.2. The van der Waals surface area contributed by atoms with Crippen LogP contribution in [0.5, 0.6) is 0 Å². The zero-order chi connectivity index (χ0) is 23.3. The van der Waals surface area contributed by atoms with Gasteiger partial charge in [0.25, 0.3) is 0 Å². The lowest BCUT2D eigenvalue weighted by Gasteiger charge is -2.41. The maximum absolute atomic E-state index is 5.90. The van der Waals surface area contributed by atoms with Gasteiger partial charge in [0.15, 0.2) is 0 Å². The quantitative estimate of drug-likeness (QED) is 0.325. The number of hydrogen-bond donors (Lipinski definition) is 0. The average molecular weight is 461 g/mol. The van der Waals surface area contributed by atoms with Crippen LogP contribution in [0.2, 0.25) is 0 Å². The van der Waals surface area contributed by atoms with E-state index < -0.39 is 0 Å². The molecule has 0 spiro atoms. The van der Waals surface area contributed by atoms with Crippen molar-refractivity contribution in [1.82, 2.24) is 0 Å². The summed E-state index contributed by atoms with van der Waals surface area (Å²) < 4.78 is 38.2. The summed E-state index contributed by atoms with van der Waals surface area (Å²) in [5, 5.41) is 0. The molecule has 7 heteroatoms. The number of hydrogen-bond acceptors (Lipinski definition) is 7. The zero-order valence-corrected chi connectivity index (χ0v) is 21.2. The first-order chi connectivity index (χ1) is 15.5. The van der Waals surface area contributed by atoms with Crippen molar-refractivity contribution in [2.24, 2.45) is 16.2 Å². The summed E-state index contributed by atoms with van der Waals surface area (Å²) in [5.41, 5.74) is 0.846. The van der Waals surface area contributed by atoms with Crippen LogP contribution < -0.4 is 0 Å². The fraction of sp³-hybridized carbons (Fsp3) is 1.00. The van der Waals surface area contributed by atoms with Crippen LogP contribution in [-0.2, 0) is 33.2 Å². The minimum absolute atomic E-state index is 0.152. The lowest BCUT2D eigenvalue weighted by atomic mass is 9.84. The Kier molecular flexibility index (Phi) is 12.4. The second-order valence-electron chi connectivity index (χ2n) is 9.93. The van der Waals surface area contributed by atoms with Gasteiger partial charge in [0.2, 0.25) is 0 Å². The lowest BCUT2D eigenvalue weighted by Crippen LogP contribution is -2.47. The van der Waals surface area contributed by atoms with Gasteiger partial charge in [0.1, 0.15) is 0 Å². The van der Waals surface area contributed by atoms with Crippen LogP contribution >= 0.6 is 0 Å². The molecule has 3 heterocycles. The monoisotopic (exact) mass is 460 g/mol. The van der Waals surface area contributed by atoms with Gasteiger partial charge in [-0.3, -0.25) is 0 Å². The predicted molar refractivity (Wildman–Crippen MR) is 124 cm³/mol. The first-order valence-corrected chi connectivity index (χ1v) is 12.5. The SMILES string of the molecule is CCC1(COCC(C)OCC2(CC)COC2)COC1.CCOCCOCC1(CC)COC1. The third-order valence-corrected chi connectivity index (χ3v) is 7.12. The minimum Gasteiger partial charge on any atom is -0.380 e. The zero-order valence-electron chi connectivity index (χ0n) is 21.2. The maximum Gasteiger partial charge on any atom is 0.0780 e. The number of ether oxygens (including phenoxy) is 7. The van der Waals surface area contributed by atoms with Gasteiger partial charge in [-0.25, -0.2) is 0 Å². The van der Waals surface area contributed by atoms with E-state index in [4.69, 9.17) is 33.2 Å². The molecule has 32 heavy (non-hydrogen) atoms. The Bertz CT molecular complexity index is 470. The highest BCUT2D eigenvalue weighted by atomic mass is 16.6. The molecule has 0 bridgehead atoms. The topological polar surface area (TPSA) is 64.6 Å². The Morgan fingerprint density at radius 1 is 0.625 bits per heavy atom. The van der Waals surface area contributed by atoms with Crippen LogP contribution in [0.25, 0.3) is 0 Å². The molecule has 1 unspecified atom stereocenters. The molecule has 3 aliphatic rings. The molecule has 3 aliphatic heterocycles. The van der Waals surface area contributed by atoms with E-state index >= 15 is 0 Å². The van der Waals surface area contributed by atoms with Crippen molar-refractivity contribution in [3.8, 4) is 0 Å².